The van der Waals surface area contributed by atoms with Crippen molar-refractivity contribution in [2.75, 3.05) is 0 Å². The first-order valence-electron chi connectivity index (χ1n) is 10.1. The fraction of sp³-hybridized carbons (Fsp3) is 0.458. The lowest BCUT2D eigenvalue weighted by Crippen LogP contribution is -2.16. The Bertz CT molecular complexity index is 959. The molecule has 1 aromatic carbocycles. The summed E-state index contributed by atoms with van der Waals surface area (Å²) in [6.07, 6.45) is 4.78. The molecule has 1 aliphatic carbocycles. The Morgan fingerprint density at radius 1 is 1.41 bits per heavy atom. The molecule has 0 spiro atoms. The lowest BCUT2D eigenvalue weighted by Gasteiger charge is -2.15. The minimum atomic E-state index is -0.801. The highest BCUT2D eigenvalue weighted by Gasteiger charge is 2.35. The topological polar surface area (TPSA) is 90.9 Å². The minimum Gasteiger partial charge on any atom is -0.481 e. The highest BCUT2D eigenvalue weighted by Crippen LogP contribution is 2.42. The van der Waals surface area contributed by atoms with Gasteiger partial charge in [-0.05, 0) is 31.2 Å². The van der Waals surface area contributed by atoms with Crippen LogP contribution in [0.5, 0.6) is 0 Å². The van der Waals surface area contributed by atoms with Crippen molar-refractivity contribution in [3.63, 3.8) is 0 Å². The number of aliphatic hydroxyl groups is 2. The first-order chi connectivity index (χ1) is 13.9. The molecule has 0 saturated heterocycles. The maximum absolute atomic E-state index is 10.8. The van der Waals surface area contributed by atoms with Crippen LogP contribution in [0.3, 0.4) is 0 Å². The van der Waals surface area contributed by atoms with Gasteiger partial charge in [0.05, 0.1) is 12.2 Å². The Balaban J connectivity index is 1.84. The third-order valence-electron chi connectivity index (χ3n) is 5.59. The number of para-hydroxylation sites is 1. The monoisotopic (exact) mass is 396 g/mol. The largest absolute Gasteiger partial charge is 0.481 e. The van der Waals surface area contributed by atoms with Gasteiger partial charge in [-0.3, -0.25) is 4.79 Å². The van der Waals surface area contributed by atoms with Crippen molar-refractivity contribution in [1.82, 2.24) is 0 Å². The van der Waals surface area contributed by atoms with E-state index in [1.807, 2.05) is 31.2 Å². The Labute approximate surface area is 171 Å². The maximum atomic E-state index is 10.8. The average molecular weight is 396 g/mol. The van der Waals surface area contributed by atoms with Gasteiger partial charge in [-0.25, -0.2) is 0 Å². The van der Waals surface area contributed by atoms with Crippen LogP contribution in [0.4, 0.5) is 0 Å². The van der Waals surface area contributed by atoms with Gasteiger partial charge in [0.15, 0.2) is 0 Å². The fourth-order valence-corrected chi connectivity index (χ4v) is 3.93. The second-order valence-corrected chi connectivity index (χ2v) is 7.76. The summed E-state index contributed by atoms with van der Waals surface area (Å²) in [5.41, 5.74) is 2.74. The molecule has 2 aromatic rings. The van der Waals surface area contributed by atoms with E-state index in [9.17, 15) is 15.0 Å². The van der Waals surface area contributed by atoms with Gasteiger partial charge >= 0.3 is 5.97 Å². The van der Waals surface area contributed by atoms with Gasteiger partial charge < -0.3 is 19.7 Å². The lowest BCUT2D eigenvalue weighted by atomic mass is 9.93. The summed E-state index contributed by atoms with van der Waals surface area (Å²) >= 11 is 0. The number of carbonyl (C=O) groups is 1. The Hall–Kier alpha value is -2.55. The van der Waals surface area contributed by atoms with Crippen molar-refractivity contribution in [1.29, 1.82) is 0 Å². The Morgan fingerprint density at radius 2 is 2.21 bits per heavy atom. The molecule has 5 nitrogen and oxygen atoms in total. The molecule has 154 valence electrons. The van der Waals surface area contributed by atoms with Crippen molar-refractivity contribution in [2.24, 2.45) is 5.92 Å². The van der Waals surface area contributed by atoms with Gasteiger partial charge in [-0.1, -0.05) is 37.3 Å². The van der Waals surface area contributed by atoms with E-state index in [0.29, 0.717) is 25.7 Å². The van der Waals surface area contributed by atoms with E-state index in [-0.39, 0.29) is 18.3 Å². The number of hydrogen-bond donors (Lipinski definition) is 3. The van der Waals surface area contributed by atoms with Crippen LogP contribution in [0.2, 0.25) is 0 Å². The second-order valence-electron chi connectivity index (χ2n) is 7.76. The number of rotatable bonds is 8. The summed E-state index contributed by atoms with van der Waals surface area (Å²) in [5, 5.41) is 30.7. The third kappa shape index (κ3) is 4.72. The lowest BCUT2D eigenvalue weighted by molar-refractivity contribution is -0.137. The second kappa shape index (κ2) is 9.30. The Morgan fingerprint density at radius 3 is 2.93 bits per heavy atom. The fourth-order valence-electron chi connectivity index (χ4n) is 3.93. The van der Waals surface area contributed by atoms with Gasteiger partial charge in [-0.15, -0.1) is 11.8 Å². The first-order valence-corrected chi connectivity index (χ1v) is 10.1. The molecule has 5 heteroatoms. The van der Waals surface area contributed by atoms with Crippen molar-refractivity contribution in [2.45, 2.75) is 64.1 Å². The van der Waals surface area contributed by atoms with Crippen molar-refractivity contribution < 1.29 is 24.5 Å². The summed E-state index contributed by atoms with van der Waals surface area (Å²) in [6, 6.07) is 5.89. The third-order valence-corrected chi connectivity index (χ3v) is 5.59. The molecule has 1 aromatic heterocycles. The van der Waals surface area contributed by atoms with Gasteiger partial charge in [0, 0.05) is 36.1 Å². The van der Waals surface area contributed by atoms with Gasteiger partial charge in [0.1, 0.15) is 11.3 Å². The van der Waals surface area contributed by atoms with Crippen molar-refractivity contribution >= 4 is 16.9 Å². The standard InChI is InChI=1S/C24H28O5/c1-3-4-7-15(2)19(25)13-12-17-20(26)14-21-23(17)18-10-5-8-16(24(18)29-21)9-6-11-22(27)28/h5,8,10,12-13,15,17,19-20,25-26H,6-7,9,11,14H2,1-2H3,(H,27,28)/b13-12+/t15?,17-,19+,20+/m0/s1. The number of hydrogen-bond acceptors (Lipinski definition) is 4. The number of fused-ring (bicyclic) bond motifs is 3. The summed E-state index contributed by atoms with van der Waals surface area (Å²) in [5.74, 6) is 5.58. The summed E-state index contributed by atoms with van der Waals surface area (Å²) in [4.78, 5) is 10.8. The van der Waals surface area contributed by atoms with Crippen LogP contribution < -0.4 is 0 Å². The molecular weight excluding hydrogens is 368 g/mol. The van der Waals surface area contributed by atoms with Gasteiger partial charge in [0.2, 0.25) is 0 Å². The molecule has 0 bridgehead atoms. The summed E-state index contributed by atoms with van der Waals surface area (Å²) < 4.78 is 6.09. The maximum Gasteiger partial charge on any atom is 0.303 e. The molecular formula is C24H28O5. The van der Waals surface area contributed by atoms with Crippen molar-refractivity contribution in [3.05, 3.63) is 47.2 Å². The summed E-state index contributed by atoms with van der Waals surface area (Å²) in [7, 11) is 0. The molecule has 0 aliphatic heterocycles. The molecule has 3 rings (SSSR count). The number of carboxylic acid groups (broad SMARTS) is 1. The number of aliphatic hydroxyl groups excluding tert-OH is 2. The van der Waals surface area contributed by atoms with Crippen LogP contribution >= 0.6 is 0 Å². The van der Waals surface area contributed by atoms with Crippen molar-refractivity contribution in [3.8, 4) is 11.8 Å². The number of carboxylic acids is 1. The SMILES string of the molecule is CC#CCC(C)[C@H](O)/C=C/[C@@H]1c2c(oc3c(CCCC(=O)O)cccc23)C[C@H]1O. The van der Waals surface area contributed by atoms with Crippen LogP contribution in [0.25, 0.3) is 11.0 Å². The van der Waals surface area contributed by atoms with E-state index in [2.05, 4.69) is 11.8 Å². The van der Waals surface area contributed by atoms with E-state index < -0.39 is 18.2 Å². The molecule has 0 radical (unpaired) electrons. The van der Waals surface area contributed by atoms with Crippen LogP contribution in [0.1, 0.15) is 55.9 Å². The van der Waals surface area contributed by atoms with E-state index in [4.69, 9.17) is 9.52 Å². The van der Waals surface area contributed by atoms with Crippen LogP contribution in [0.15, 0.2) is 34.8 Å². The quantitative estimate of drug-likeness (QED) is 0.466. The van der Waals surface area contributed by atoms with E-state index in [1.165, 1.54) is 0 Å². The van der Waals surface area contributed by atoms with Crippen LogP contribution in [0, 0.1) is 17.8 Å². The predicted molar refractivity (Wildman–Crippen MR) is 112 cm³/mol. The summed E-state index contributed by atoms with van der Waals surface area (Å²) in [6.45, 7) is 3.73. The molecule has 0 fully saturated rings. The molecule has 1 aliphatic rings. The molecule has 4 atom stereocenters. The number of aliphatic carboxylic acids is 1. The normalized spacial score (nSPS) is 20.4. The van der Waals surface area contributed by atoms with E-state index in [1.54, 1.807) is 13.0 Å². The highest BCUT2D eigenvalue weighted by molar-refractivity contribution is 5.86. The zero-order valence-corrected chi connectivity index (χ0v) is 16.9. The number of aryl methyl sites for hydroxylation is 1. The van der Waals surface area contributed by atoms with Gasteiger partial charge in [-0.2, -0.15) is 0 Å². The zero-order chi connectivity index (χ0) is 21.0. The number of furan rings is 1. The molecule has 3 N–H and O–H groups in total. The van der Waals surface area contributed by atoms with Crippen LogP contribution in [-0.2, 0) is 17.6 Å². The smallest absolute Gasteiger partial charge is 0.303 e. The molecule has 0 amide bonds. The Kier molecular flexibility index (Phi) is 6.79. The van der Waals surface area contributed by atoms with Gasteiger partial charge in [0.25, 0.3) is 0 Å². The minimum absolute atomic E-state index is 0.0126. The number of benzene rings is 1. The average Bonchev–Trinajstić information content (AvgIpc) is 3.19. The predicted octanol–water partition coefficient (Wildman–Crippen LogP) is 3.81. The molecule has 29 heavy (non-hydrogen) atoms. The van der Waals surface area contributed by atoms with Crippen LogP contribution in [-0.4, -0.2) is 33.5 Å². The molecule has 0 saturated carbocycles. The molecule has 1 unspecified atom stereocenters. The molecule has 1 heterocycles. The zero-order valence-electron chi connectivity index (χ0n) is 16.9. The van der Waals surface area contributed by atoms with E-state index in [0.717, 1.165) is 27.9 Å². The van der Waals surface area contributed by atoms with E-state index >= 15 is 0 Å². The highest BCUT2D eigenvalue weighted by atomic mass is 16.4. The first kappa shape index (κ1) is 21.2.